The normalized spacial score (nSPS) is 10.4. The zero-order valence-corrected chi connectivity index (χ0v) is 10.2. The fraction of sp³-hybridized carbons (Fsp3) is 0.500. The molecule has 3 nitrogen and oxygen atoms in total. The van der Waals surface area contributed by atoms with Gasteiger partial charge in [0.15, 0.2) is 0 Å². The zero-order chi connectivity index (χ0) is 12.5. The van der Waals surface area contributed by atoms with Gasteiger partial charge >= 0.3 is 0 Å². The van der Waals surface area contributed by atoms with E-state index < -0.39 is 0 Å². The molecule has 93 valence electrons. The van der Waals surface area contributed by atoms with Crippen LogP contribution in [-0.4, -0.2) is 4.92 Å². The molecule has 0 aliphatic heterocycles. The Labute approximate surface area is 103 Å². The Morgan fingerprint density at radius 3 is 2.41 bits per heavy atom. The van der Waals surface area contributed by atoms with E-state index in [-0.39, 0.29) is 10.6 Å². The van der Waals surface area contributed by atoms with Crippen molar-refractivity contribution in [2.75, 3.05) is 0 Å². The highest BCUT2D eigenvalue weighted by atomic mass is 16.6. The molecule has 0 saturated carbocycles. The Morgan fingerprint density at radius 1 is 1.06 bits per heavy atom. The lowest BCUT2D eigenvalue weighted by Crippen LogP contribution is -1.95. The van der Waals surface area contributed by atoms with Gasteiger partial charge in [-0.05, 0) is 12.8 Å². The second kappa shape index (κ2) is 7.82. The van der Waals surface area contributed by atoms with Crippen molar-refractivity contribution in [1.82, 2.24) is 0 Å². The van der Waals surface area contributed by atoms with Crippen LogP contribution in [-0.2, 0) is 6.42 Å². The van der Waals surface area contributed by atoms with E-state index in [0.717, 1.165) is 31.2 Å². The number of nitrogens with zero attached hydrogens (tertiary/aromatic N) is 1. The smallest absolute Gasteiger partial charge is 0.258 e. The third-order valence-electron chi connectivity index (χ3n) is 2.88. The summed E-state index contributed by atoms with van der Waals surface area (Å²) in [7, 11) is 0. The minimum atomic E-state index is -0.294. The molecule has 0 unspecified atom stereocenters. The highest BCUT2D eigenvalue weighted by molar-refractivity contribution is 5.39. The van der Waals surface area contributed by atoms with E-state index in [0.29, 0.717) is 0 Å². The Bertz CT molecular complexity index is 350. The van der Waals surface area contributed by atoms with Gasteiger partial charge in [0, 0.05) is 11.6 Å². The first-order valence-electron chi connectivity index (χ1n) is 6.27. The Kier molecular flexibility index (Phi) is 6.30. The van der Waals surface area contributed by atoms with Crippen molar-refractivity contribution >= 4 is 5.69 Å². The summed E-state index contributed by atoms with van der Waals surface area (Å²) in [5.74, 6) is 0. The fourth-order valence-corrected chi connectivity index (χ4v) is 1.92. The summed E-state index contributed by atoms with van der Waals surface area (Å²) >= 11 is 0. The SMILES string of the molecule is [CH2]CCCCCCCc1ccccc1[N+](=O)[O-]. The summed E-state index contributed by atoms with van der Waals surface area (Å²) in [5, 5.41) is 10.8. The molecule has 0 atom stereocenters. The van der Waals surface area contributed by atoms with Crippen molar-refractivity contribution < 1.29 is 4.92 Å². The Morgan fingerprint density at radius 2 is 1.71 bits per heavy atom. The van der Waals surface area contributed by atoms with Crippen molar-refractivity contribution in [1.29, 1.82) is 0 Å². The number of benzene rings is 1. The molecule has 1 rings (SSSR count). The monoisotopic (exact) mass is 234 g/mol. The topological polar surface area (TPSA) is 43.1 Å². The maximum atomic E-state index is 10.8. The van der Waals surface area contributed by atoms with Gasteiger partial charge in [-0.1, -0.05) is 57.2 Å². The van der Waals surface area contributed by atoms with Crippen molar-refractivity contribution in [2.45, 2.75) is 44.9 Å². The van der Waals surface area contributed by atoms with Gasteiger partial charge in [-0.15, -0.1) is 0 Å². The molecular formula is C14H20NO2. The van der Waals surface area contributed by atoms with E-state index in [9.17, 15) is 10.1 Å². The van der Waals surface area contributed by atoms with Gasteiger partial charge < -0.3 is 0 Å². The molecule has 1 aromatic carbocycles. The van der Waals surface area contributed by atoms with Crippen molar-refractivity contribution in [2.24, 2.45) is 0 Å². The third-order valence-corrected chi connectivity index (χ3v) is 2.88. The number of hydrogen-bond acceptors (Lipinski definition) is 2. The average Bonchev–Trinajstić information content (AvgIpc) is 2.34. The van der Waals surface area contributed by atoms with E-state index >= 15 is 0 Å². The van der Waals surface area contributed by atoms with Crippen LogP contribution in [0.1, 0.15) is 44.1 Å². The van der Waals surface area contributed by atoms with Crippen molar-refractivity contribution in [3.05, 3.63) is 46.9 Å². The molecule has 0 spiro atoms. The van der Waals surface area contributed by atoms with Crippen LogP contribution < -0.4 is 0 Å². The second-order valence-electron chi connectivity index (χ2n) is 4.26. The molecule has 1 aromatic rings. The molecule has 0 aliphatic carbocycles. The third kappa shape index (κ3) is 4.98. The highest BCUT2D eigenvalue weighted by Gasteiger charge is 2.10. The van der Waals surface area contributed by atoms with E-state index in [2.05, 4.69) is 6.92 Å². The number of nitro benzene ring substituents is 1. The van der Waals surface area contributed by atoms with E-state index in [1.165, 1.54) is 19.3 Å². The Balaban J connectivity index is 2.34. The van der Waals surface area contributed by atoms with E-state index in [4.69, 9.17) is 0 Å². The van der Waals surface area contributed by atoms with Crippen LogP contribution in [0.15, 0.2) is 24.3 Å². The lowest BCUT2D eigenvalue weighted by atomic mass is 10.0. The van der Waals surface area contributed by atoms with Crippen molar-refractivity contribution in [3.63, 3.8) is 0 Å². The number of nitro groups is 1. The summed E-state index contributed by atoms with van der Waals surface area (Å²) in [6, 6.07) is 7.02. The van der Waals surface area contributed by atoms with Crippen molar-refractivity contribution in [3.8, 4) is 0 Å². The van der Waals surface area contributed by atoms with Gasteiger partial charge in [-0.25, -0.2) is 0 Å². The quantitative estimate of drug-likeness (QED) is 0.382. The molecule has 17 heavy (non-hydrogen) atoms. The molecule has 0 saturated heterocycles. The van der Waals surface area contributed by atoms with Crippen LogP contribution >= 0.6 is 0 Å². The van der Waals surface area contributed by atoms with Crippen LogP contribution in [0.3, 0.4) is 0 Å². The molecule has 0 amide bonds. The zero-order valence-electron chi connectivity index (χ0n) is 10.2. The fourth-order valence-electron chi connectivity index (χ4n) is 1.92. The molecule has 0 N–H and O–H groups in total. The van der Waals surface area contributed by atoms with Gasteiger partial charge in [-0.3, -0.25) is 10.1 Å². The summed E-state index contributed by atoms with van der Waals surface area (Å²) in [5.41, 5.74) is 1.11. The molecule has 1 radical (unpaired) electrons. The minimum absolute atomic E-state index is 0.255. The summed E-state index contributed by atoms with van der Waals surface area (Å²) in [6.07, 6.45) is 7.60. The first kappa shape index (κ1) is 13.7. The summed E-state index contributed by atoms with van der Waals surface area (Å²) < 4.78 is 0. The predicted molar refractivity (Wildman–Crippen MR) is 69.9 cm³/mol. The molecule has 0 bridgehead atoms. The largest absolute Gasteiger partial charge is 0.272 e. The molecule has 0 aliphatic rings. The lowest BCUT2D eigenvalue weighted by molar-refractivity contribution is -0.385. The number of rotatable bonds is 8. The number of aryl methyl sites for hydroxylation is 1. The molecule has 0 fully saturated rings. The van der Waals surface area contributed by atoms with E-state index in [1.807, 2.05) is 12.1 Å². The highest BCUT2D eigenvalue weighted by Crippen LogP contribution is 2.20. The van der Waals surface area contributed by atoms with Gasteiger partial charge in [0.25, 0.3) is 5.69 Å². The molecule has 0 aromatic heterocycles. The van der Waals surface area contributed by atoms with Gasteiger partial charge in [0.2, 0.25) is 0 Å². The van der Waals surface area contributed by atoms with Crippen LogP contribution in [0.4, 0.5) is 5.69 Å². The first-order valence-corrected chi connectivity index (χ1v) is 6.27. The molecule has 0 heterocycles. The standard InChI is InChI=1S/C14H20NO2/c1-2-3-4-5-6-7-10-13-11-8-9-12-14(13)15(16)17/h8-9,11-12H,1-7,10H2. The predicted octanol–water partition coefficient (Wildman–Crippen LogP) is 4.31. The number of hydrogen-bond donors (Lipinski definition) is 0. The summed E-state index contributed by atoms with van der Waals surface area (Å²) in [4.78, 5) is 10.5. The van der Waals surface area contributed by atoms with Gasteiger partial charge in [0.1, 0.15) is 0 Å². The Hall–Kier alpha value is -1.38. The van der Waals surface area contributed by atoms with Crippen LogP contribution in [0.25, 0.3) is 0 Å². The van der Waals surface area contributed by atoms with Gasteiger partial charge in [-0.2, -0.15) is 0 Å². The maximum absolute atomic E-state index is 10.8. The minimum Gasteiger partial charge on any atom is -0.258 e. The van der Waals surface area contributed by atoms with Crippen LogP contribution in [0, 0.1) is 17.0 Å². The van der Waals surface area contributed by atoms with Crippen LogP contribution in [0.5, 0.6) is 0 Å². The average molecular weight is 234 g/mol. The number of para-hydroxylation sites is 1. The maximum Gasteiger partial charge on any atom is 0.272 e. The summed E-state index contributed by atoms with van der Waals surface area (Å²) in [6.45, 7) is 3.81. The van der Waals surface area contributed by atoms with Gasteiger partial charge in [0.05, 0.1) is 4.92 Å². The number of unbranched alkanes of at least 4 members (excludes halogenated alkanes) is 5. The lowest BCUT2D eigenvalue weighted by Gasteiger charge is -2.03. The first-order chi connectivity index (χ1) is 8.25. The molecular weight excluding hydrogens is 214 g/mol. The molecule has 3 heteroatoms. The van der Waals surface area contributed by atoms with Crippen LogP contribution in [0.2, 0.25) is 0 Å². The van der Waals surface area contributed by atoms with E-state index in [1.54, 1.807) is 12.1 Å². The second-order valence-corrected chi connectivity index (χ2v) is 4.26.